The molecule has 6 heteroatoms. The number of nitrogens with one attached hydrogen (secondary N) is 1. The predicted octanol–water partition coefficient (Wildman–Crippen LogP) is -0.643. The quantitative estimate of drug-likeness (QED) is 0.683. The van der Waals surface area contributed by atoms with E-state index < -0.39 is 5.97 Å². The summed E-state index contributed by atoms with van der Waals surface area (Å²) in [7, 11) is 0. The van der Waals surface area contributed by atoms with Crippen molar-refractivity contribution >= 4 is 11.9 Å². The van der Waals surface area contributed by atoms with E-state index in [9.17, 15) is 9.59 Å². The van der Waals surface area contributed by atoms with Crippen molar-refractivity contribution in [1.29, 1.82) is 0 Å². The molecule has 0 unspecified atom stereocenters. The summed E-state index contributed by atoms with van der Waals surface area (Å²) in [6.07, 6.45) is 2.93. The van der Waals surface area contributed by atoms with Crippen LogP contribution in [0.1, 0.15) is 19.3 Å². The van der Waals surface area contributed by atoms with Crippen LogP contribution in [0.4, 0.5) is 0 Å². The number of carbonyl (C=O) groups is 2. The summed E-state index contributed by atoms with van der Waals surface area (Å²) in [4.78, 5) is 26.6. The van der Waals surface area contributed by atoms with Gasteiger partial charge < -0.3 is 15.3 Å². The minimum absolute atomic E-state index is 0.0400. The third-order valence-electron chi connectivity index (χ3n) is 3.41. The van der Waals surface area contributed by atoms with Gasteiger partial charge in [0, 0.05) is 19.1 Å². The van der Waals surface area contributed by atoms with Gasteiger partial charge in [-0.05, 0) is 32.4 Å². The standard InChI is InChI=1S/C12H21N3O3/c16-11(8-14-6-1-4-13-5-7-14)15(9-12(17)18)10-2-3-10/h10,13H,1-9H2,(H,17,18). The van der Waals surface area contributed by atoms with Crippen molar-refractivity contribution in [3.05, 3.63) is 0 Å². The summed E-state index contributed by atoms with van der Waals surface area (Å²) in [5.41, 5.74) is 0. The highest BCUT2D eigenvalue weighted by Crippen LogP contribution is 2.26. The highest BCUT2D eigenvalue weighted by molar-refractivity contribution is 5.83. The van der Waals surface area contributed by atoms with E-state index >= 15 is 0 Å². The van der Waals surface area contributed by atoms with E-state index in [1.807, 2.05) is 0 Å². The summed E-state index contributed by atoms with van der Waals surface area (Å²) in [5.74, 6) is -0.963. The van der Waals surface area contributed by atoms with Gasteiger partial charge in [-0.2, -0.15) is 0 Å². The number of hydrogen-bond donors (Lipinski definition) is 2. The zero-order valence-corrected chi connectivity index (χ0v) is 10.6. The van der Waals surface area contributed by atoms with Crippen LogP contribution in [-0.4, -0.2) is 72.1 Å². The molecule has 0 atom stereocenters. The van der Waals surface area contributed by atoms with E-state index in [-0.39, 0.29) is 18.5 Å². The van der Waals surface area contributed by atoms with Crippen LogP contribution in [0.5, 0.6) is 0 Å². The van der Waals surface area contributed by atoms with E-state index in [0.717, 1.165) is 45.4 Å². The topological polar surface area (TPSA) is 72.9 Å². The lowest BCUT2D eigenvalue weighted by Gasteiger charge is -2.25. The summed E-state index contributed by atoms with van der Waals surface area (Å²) >= 11 is 0. The highest BCUT2D eigenvalue weighted by Gasteiger charge is 2.34. The number of aliphatic carboxylic acids is 1. The molecule has 0 aromatic carbocycles. The van der Waals surface area contributed by atoms with Gasteiger partial charge in [-0.1, -0.05) is 0 Å². The molecule has 0 aromatic heterocycles. The Kier molecular flexibility index (Phi) is 4.54. The van der Waals surface area contributed by atoms with Gasteiger partial charge in [0.2, 0.25) is 5.91 Å². The van der Waals surface area contributed by atoms with Crippen molar-refractivity contribution in [3.8, 4) is 0 Å². The molecule has 1 amide bonds. The maximum Gasteiger partial charge on any atom is 0.323 e. The number of carboxylic acid groups (broad SMARTS) is 1. The van der Waals surface area contributed by atoms with Crippen molar-refractivity contribution in [3.63, 3.8) is 0 Å². The normalized spacial score (nSPS) is 21.3. The van der Waals surface area contributed by atoms with Crippen LogP contribution in [-0.2, 0) is 9.59 Å². The first-order valence-corrected chi connectivity index (χ1v) is 6.61. The molecule has 1 saturated carbocycles. The van der Waals surface area contributed by atoms with Gasteiger partial charge in [-0.15, -0.1) is 0 Å². The highest BCUT2D eigenvalue weighted by atomic mass is 16.4. The second-order valence-electron chi connectivity index (χ2n) is 5.03. The van der Waals surface area contributed by atoms with Gasteiger partial charge in [-0.25, -0.2) is 0 Å². The molecule has 0 spiro atoms. The fourth-order valence-corrected chi connectivity index (χ4v) is 2.29. The van der Waals surface area contributed by atoms with E-state index in [1.165, 1.54) is 4.90 Å². The fraction of sp³-hybridized carbons (Fsp3) is 0.833. The van der Waals surface area contributed by atoms with Gasteiger partial charge in [0.1, 0.15) is 6.54 Å². The number of carbonyl (C=O) groups excluding carboxylic acids is 1. The Balaban J connectivity index is 1.85. The first kappa shape index (κ1) is 13.3. The average Bonchev–Trinajstić information content (AvgIpc) is 3.13. The lowest BCUT2D eigenvalue weighted by Crippen LogP contribution is -2.44. The van der Waals surface area contributed by atoms with Crippen LogP contribution in [0.3, 0.4) is 0 Å². The van der Waals surface area contributed by atoms with Crippen molar-refractivity contribution in [2.24, 2.45) is 0 Å². The largest absolute Gasteiger partial charge is 0.480 e. The fourth-order valence-electron chi connectivity index (χ4n) is 2.29. The number of hydrogen-bond acceptors (Lipinski definition) is 4. The molecule has 18 heavy (non-hydrogen) atoms. The Hall–Kier alpha value is -1.14. The first-order valence-electron chi connectivity index (χ1n) is 6.61. The number of nitrogens with zero attached hydrogens (tertiary/aromatic N) is 2. The predicted molar refractivity (Wildman–Crippen MR) is 66.3 cm³/mol. The molecule has 2 fully saturated rings. The van der Waals surface area contributed by atoms with Crippen LogP contribution in [0.25, 0.3) is 0 Å². The minimum atomic E-state index is -0.923. The summed E-state index contributed by atoms with van der Waals surface area (Å²) in [5, 5.41) is 12.1. The number of rotatable bonds is 5. The van der Waals surface area contributed by atoms with Gasteiger partial charge in [0.05, 0.1) is 6.54 Å². The summed E-state index contributed by atoms with van der Waals surface area (Å²) in [6.45, 7) is 3.85. The molecular weight excluding hydrogens is 234 g/mol. The molecule has 0 bridgehead atoms. The van der Waals surface area contributed by atoms with Gasteiger partial charge in [0.15, 0.2) is 0 Å². The van der Waals surface area contributed by atoms with E-state index in [1.54, 1.807) is 0 Å². The monoisotopic (exact) mass is 255 g/mol. The smallest absolute Gasteiger partial charge is 0.323 e. The van der Waals surface area contributed by atoms with Crippen molar-refractivity contribution in [2.75, 3.05) is 39.3 Å². The third-order valence-corrected chi connectivity index (χ3v) is 3.41. The second kappa shape index (κ2) is 6.15. The lowest BCUT2D eigenvalue weighted by atomic mass is 10.3. The van der Waals surface area contributed by atoms with Crippen LogP contribution in [0.15, 0.2) is 0 Å². The summed E-state index contributed by atoms with van der Waals surface area (Å²) in [6, 6.07) is 0.165. The van der Waals surface area contributed by atoms with E-state index in [0.29, 0.717) is 6.54 Å². The number of carboxylic acids is 1. The Morgan fingerprint density at radius 3 is 2.72 bits per heavy atom. The molecule has 0 aromatic rings. The molecule has 6 nitrogen and oxygen atoms in total. The Morgan fingerprint density at radius 2 is 2.06 bits per heavy atom. The first-order chi connectivity index (χ1) is 8.66. The lowest BCUT2D eigenvalue weighted by molar-refractivity contribution is -0.145. The Labute approximate surface area is 107 Å². The molecule has 2 aliphatic rings. The molecule has 2 rings (SSSR count). The Morgan fingerprint density at radius 1 is 1.28 bits per heavy atom. The second-order valence-corrected chi connectivity index (χ2v) is 5.03. The maximum atomic E-state index is 12.1. The zero-order chi connectivity index (χ0) is 13.0. The van der Waals surface area contributed by atoms with E-state index in [4.69, 9.17) is 5.11 Å². The molecule has 1 saturated heterocycles. The molecule has 102 valence electrons. The van der Waals surface area contributed by atoms with Crippen molar-refractivity contribution in [1.82, 2.24) is 15.1 Å². The minimum Gasteiger partial charge on any atom is -0.480 e. The molecule has 0 radical (unpaired) electrons. The zero-order valence-electron chi connectivity index (χ0n) is 10.6. The molecule has 1 aliphatic carbocycles. The molecule has 1 aliphatic heterocycles. The van der Waals surface area contributed by atoms with E-state index in [2.05, 4.69) is 10.2 Å². The van der Waals surface area contributed by atoms with Gasteiger partial charge >= 0.3 is 5.97 Å². The Bertz CT molecular complexity index is 310. The maximum absolute atomic E-state index is 12.1. The van der Waals surface area contributed by atoms with Crippen LogP contribution in [0.2, 0.25) is 0 Å². The van der Waals surface area contributed by atoms with Crippen molar-refractivity contribution < 1.29 is 14.7 Å². The molecule has 1 heterocycles. The molecule has 2 N–H and O–H groups in total. The van der Waals surface area contributed by atoms with Crippen LogP contribution >= 0.6 is 0 Å². The van der Waals surface area contributed by atoms with Crippen LogP contribution < -0.4 is 5.32 Å². The molecular formula is C12H21N3O3. The SMILES string of the molecule is O=C(O)CN(C(=O)CN1CCCNCC1)C1CC1. The summed E-state index contributed by atoms with van der Waals surface area (Å²) < 4.78 is 0. The van der Waals surface area contributed by atoms with Gasteiger partial charge in [-0.3, -0.25) is 14.5 Å². The van der Waals surface area contributed by atoms with Gasteiger partial charge in [0.25, 0.3) is 0 Å². The van der Waals surface area contributed by atoms with Crippen molar-refractivity contribution in [2.45, 2.75) is 25.3 Å². The third kappa shape index (κ3) is 3.96. The number of amides is 1. The van der Waals surface area contributed by atoms with Crippen LogP contribution in [0, 0.1) is 0 Å². The average molecular weight is 255 g/mol.